The quantitative estimate of drug-likeness (QED) is 0.756. The first-order valence-electron chi connectivity index (χ1n) is 3.75. The summed E-state index contributed by atoms with van der Waals surface area (Å²) in [5.41, 5.74) is 1.16. The zero-order valence-corrected chi connectivity index (χ0v) is 7.27. The number of H-pyrrole nitrogens is 1. The van der Waals surface area contributed by atoms with E-state index in [0.717, 1.165) is 0 Å². The van der Waals surface area contributed by atoms with Crippen molar-refractivity contribution in [2.45, 2.75) is 19.6 Å². The van der Waals surface area contributed by atoms with Crippen LogP contribution in [0.1, 0.15) is 11.3 Å². The molecule has 0 aliphatic rings. The zero-order valence-electron chi connectivity index (χ0n) is 7.27. The van der Waals surface area contributed by atoms with Crippen molar-refractivity contribution in [2.24, 2.45) is 0 Å². The Hall–Kier alpha value is -1.53. The predicted octanol–water partition coefficient (Wildman–Crippen LogP) is 0.897. The SMILES string of the molecule is Cc1[nH]ncc1CNC(=O)C(F)(F)F. The second kappa shape index (κ2) is 3.69. The number of carbonyl (C=O) groups excluding carboxylic acids is 1. The first-order valence-corrected chi connectivity index (χ1v) is 3.75. The highest BCUT2D eigenvalue weighted by Crippen LogP contribution is 2.14. The fourth-order valence-electron chi connectivity index (χ4n) is 0.830. The maximum atomic E-state index is 11.7. The van der Waals surface area contributed by atoms with Gasteiger partial charge in [0.15, 0.2) is 0 Å². The third-order valence-electron chi connectivity index (χ3n) is 1.63. The molecule has 0 radical (unpaired) electrons. The molecule has 78 valence electrons. The van der Waals surface area contributed by atoms with Gasteiger partial charge in [-0.25, -0.2) is 0 Å². The van der Waals surface area contributed by atoms with Gasteiger partial charge in [0, 0.05) is 17.8 Å². The molecule has 0 aromatic carbocycles. The molecule has 1 aromatic rings. The van der Waals surface area contributed by atoms with Crippen molar-refractivity contribution in [1.82, 2.24) is 15.5 Å². The summed E-state index contributed by atoms with van der Waals surface area (Å²) in [7, 11) is 0. The fraction of sp³-hybridized carbons (Fsp3) is 0.429. The molecule has 0 spiro atoms. The van der Waals surface area contributed by atoms with Crippen LogP contribution in [-0.4, -0.2) is 22.3 Å². The number of hydrogen-bond donors (Lipinski definition) is 2. The first kappa shape index (κ1) is 10.6. The molecule has 0 fully saturated rings. The number of aromatic amines is 1. The zero-order chi connectivity index (χ0) is 10.8. The van der Waals surface area contributed by atoms with Gasteiger partial charge in [-0.2, -0.15) is 18.3 Å². The van der Waals surface area contributed by atoms with Crippen molar-refractivity contribution in [3.05, 3.63) is 17.5 Å². The minimum Gasteiger partial charge on any atom is -0.344 e. The summed E-state index contributed by atoms with van der Waals surface area (Å²) in [5, 5.41) is 7.89. The molecule has 0 saturated heterocycles. The molecule has 0 bridgehead atoms. The fourth-order valence-corrected chi connectivity index (χ4v) is 0.830. The molecule has 1 heterocycles. The predicted molar refractivity (Wildman–Crippen MR) is 41.2 cm³/mol. The van der Waals surface area contributed by atoms with Crippen LogP contribution in [0.3, 0.4) is 0 Å². The normalized spacial score (nSPS) is 11.4. The number of aromatic nitrogens is 2. The van der Waals surface area contributed by atoms with Gasteiger partial charge in [-0.05, 0) is 6.92 Å². The van der Waals surface area contributed by atoms with Gasteiger partial charge in [0.2, 0.25) is 0 Å². The van der Waals surface area contributed by atoms with Crippen molar-refractivity contribution in [3.8, 4) is 0 Å². The molecule has 14 heavy (non-hydrogen) atoms. The van der Waals surface area contributed by atoms with Crippen LogP contribution in [-0.2, 0) is 11.3 Å². The van der Waals surface area contributed by atoms with E-state index >= 15 is 0 Å². The van der Waals surface area contributed by atoms with E-state index in [1.807, 2.05) is 0 Å². The molecule has 1 aromatic heterocycles. The first-order chi connectivity index (χ1) is 6.41. The van der Waals surface area contributed by atoms with Crippen molar-refractivity contribution >= 4 is 5.91 Å². The lowest BCUT2D eigenvalue weighted by atomic mass is 10.2. The van der Waals surface area contributed by atoms with Crippen LogP contribution in [0.5, 0.6) is 0 Å². The molecule has 4 nitrogen and oxygen atoms in total. The number of halogens is 3. The Kier molecular flexibility index (Phi) is 2.78. The summed E-state index contributed by atoms with van der Waals surface area (Å²) in [6.07, 6.45) is -3.47. The molecule has 2 N–H and O–H groups in total. The molecule has 7 heteroatoms. The highest BCUT2D eigenvalue weighted by atomic mass is 19.4. The Morgan fingerprint density at radius 1 is 1.64 bits per heavy atom. The third-order valence-corrected chi connectivity index (χ3v) is 1.63. The molecule has 0 aliphatic heterocycles. The summed E-state index contributed by atoms with van der Waals surface area (Å²) in [5.74, 6) is -1.95. The van der Waals surface area contributed by atoms with Gasteiger partial charge in [0.25, 0.3) is 0 Å². The van der Waals surface area contributed by atoms with E-state index < -0.39 is 12.1 Å². The van der Waals surface area contributed by atoms with Crippen LogP contribution in [0.4, 0.5) is 13.2 Å². The number of nitrogens with zero attached hydrogens (tertiary/aromatic N) is 1. The second-order valence-corrected chi connectivity index (χ2v) is 2.70. The minimum absolute atomic E-state index is 0.180. The third kappa shape index (κ3) is 2.48. The number of alkyl halides is 3. The Balaban J connectivity index is 2.50. The van der Waals surface area contributed by atoms with Crippen molar-refractivity contribution in [2.75, 3.05) is 0 Å². The molecule has 0 aliphatic carbocycles. The number of carbonyl (C=O) groups is 1. The minimum atomic E-state index is -4.84. The van der Waals surface area contributed by atoms with Gasteiger partial charge in [-0.15, -0.1) is 0 Å². The van der Waals surface area contributed by atoms with Crippen LogP contribution < -0.4 is 5.32 Å². The molecule has 0 unspecified atom stereocenters. The maximum absolute atomic E-state index is 11.7. The largest absolute Gasteiger partial charge is 0.471 e. The highest BCUT2D eigenvalue weighted by Gasteiger charge is 2.38. The van der Waals surface area contributed by atoms with Crippen LogP contribution in [0.25, 0.3) is 0 Å². The number of aryl methyl sites for hydroxylation is 1. The summed E-state index contributed by atoms with van der Waals surface area (Å²) < 4.78 is 35.2. The van der Waals surface area contributed by atoms with Crippen molar-refractivity contribution in [3.63, 3.8) is 0 Å². The lowest BCUT2D eigenvalue weighted by Crippen LogP contribution is -2.36. The van der Waals surface area contributed by atoms with Gasteiger partial charge in [0.05, 0.1) is 6.20 Å². The second-order valence-electron chi connectivity index (χ2n) is 2.70. The monoisotopic (exact) mass is 207 g/mol. The number of hydrogen-bond acceptors (Lipinski definition) is 2. The average Bonchev–Trinajstić information content (AvgIpc) is 2.45. The molecular weight excluding hydrogens is 199 g/mol. The van der Waals surface area contributed by atoms with Gasteiger partial charge < -0.3 is 5.32 Å². The van der Waals surface area contributed by atoms with Gasteiger partial charge in [0.1, 0.15) is 0 Å². The Bertz CT molecular complexity index is 331. The lowest BCUT2D eigenvalue weighted by Gasteiger charge is -2.06. The van der Waals surface area contributed by atoms with Crippen LogP contribution in [0.15, 0.2) is 6.20 Å². The van der Waals surface area contributed by atoms with E-state index in [1.165, 1.54) is 6.20 Å². The summed E-state index contributed by atoms with van der Waals surface area (Å²) in [6, 6.07) is 0. The van der Waals surface area contributed by atoms with Crippen molar-refractivity contribution in [1.29, 1.82) is 0 Å². The molecular formula is C7H8F3N3O. The van der Waals surface area contributed by atoms with Crippen molar-refractivity contribution < 1.29 is 18.0 Å². The standard InChI is InChI=1S/C7H8F3N3O/c1-4-5(3-12-13-4)2-11-6(14)7(8,9)10/h3H,2H2,1H3,(H,11,14)(H,12,13). The van der Waals surface area contributed by atoms with E-state index in [1.54, 1.807) is 12.2 Å². The van der Waals surface area contributed by atoms with Gasteiger partial charge in [-0.3, -0.25) is 9.89 Å². The number of nitrogens with one attached hydrogen (secondary N) is 2. The smallest absolute Gasteiger partial charge is 0.344 e. The summed E-state index contributed by atoms with van der Waals surface area (Å²) in [6.45, 7) is 1.47. The Labute approximate surface area is 77.5 Å². The molecule has 1 rings (SSSR count). The van der Waals surface area contributed by atoms with Gasteiger partial charge >= 0.3 is 12.1 Å². The molecule has 1 amide bonds. The topological polar surface area (TPSA) is 57.8 Å². The summed E-state index contributed by atoms with van der Waals surface area (Å²) in [4.78, 5) is 10.4. The molecule has 0 atom stereocenters. The molecule has 0 saturated carbocycles. The van der Waals surface area contributed by atoms with E-state index in [2.05, 4.69) is 10.2 Å². The Morgan fingerprint density at radius 2 is 2.29 bits per heavy atom. The van der Waals surface area contributed by atoms with Crippen LogP contribution in [0, 0.1) is 6.92 Å². The van der Waals surface area contributed by atoms with E-state index in [-0.39, 0.29) is 6.54 Å². The summed E-state index contributed by atoms with van der Waals surface area (Å²) >= 11 is 0. The van der Waals surface area contributed by atoms with Crippen LogP contribution in [0.2, 0.25) is 0 Å². The average molecular weight is 207 g/mol. The van der Waals surface area contributed by atoms with E-state index in [9.17, 15) is 18.0 Å². The van der Waals surface area contributed by atoms with E-state index in [0.29, 0.717) is 11.3 Å². The number of amides is 1. The Morgan fingerprint density at radius 3 is 2.71 bits per heavy atom. The van der Waals surface area contributed by atoms with Crippen LogP contribution >= 0.6 is 0 Å². The van der Waals surface area contributed by atoms with Gasteiger partial charge in [-0.1, -0.05) is 0 Å². The number of rotatable bonds is 2. The lowest BCUT2D eigenvalue weighted by molar-refractivity contribution is -0.173. The highest BCUT2D eigenvalue weighted by molar-refractivity contribution is 5.81. The van der Waals surface area contributed by atoms with E-state index in [4.69, 9.17) is 0 Å². The maximum Gasteiger partial charge on any atom is 0.471 e.